The Morgan fingerprint density at radius 2 is 2.00 bits per heavy atom. The Bertz CT molecular complexity index is 363. The fourth-order valence-corrected chi connectivity index (χ4v) is 1.47. The second-order valence-corrected chi connectivity index (χ2v) is 3.85. The summed E-state index contributed by atoms with van der Waals surface area (Å²) in [7, 11) is 1.53. The maximum absolute atomic E-state index is 11.9. The quantitative estimate of drug-likeness (QED) is 0.800. The summed E-state index contributed by atoms with van der Waals surface area (Å²) in [5.74, 6) is 0.641. The van der Waals surface area contributed by atoms with Crippen molar-refractivity contribution >= 4 is 5.69 Å². The van der Waals surface area contributed by atoms with Crippen LogP contribution in [0, 0.1) is 6.92 Å². The second kappa shape index (κ2) is 5.80. The van der Waals surface area contributed by atoms with E-state index in [1.54, 1.807) is 6.07 Å². The Labute approximate surface area is 98.8 Å². The Hall–Kier alpha value is -1.39. The summed E-state index contributed by atoms with van der Waals surface area (Å²) < 4.78 is 40.9. The SMILES string of the molecule is COc1ccc(C)cc1NCCCC(F)(F)F. The molecule has 0 aliphatic rings. The zero-order valence-electron chi connectivity index (χ0n) is 9.90. The first-order valence-corrected chi connectivity index (χ1v) is 5.37. The molecule has 0 spiro atoms. The fraction of sp³-hybridized carbons (Fsp3) is 0.500. The topological polar surface area (TPSA) is 21.3 Å². The zero-order chi connectivity index (χ0) is 12.9. The fourth-order valence-electron chi connectivity index (χ4n) is 1.47. The van der Waals surface area contributed by atoms with E-state index in [0.29, 0.717) is 5.75 Å². The average Bonchev–Trinajstić information content (AvgIpc) is 2.23. The van der Waals surface area contributed by atoms with Crippen LogP contribution in [0.2, 0.25) is 0 Å². The molecule has 0 radical (unpaired) electrons. The normalized spacial score (nSPS) is 11.4. The summed E-state index contributed by atoms with van der Waals surface area (Å²) in [6, 6.07) is 5.54. The molecule has 0 aliphatic carbocycles. The number of rotatable bonds is 5. The van der Waals surface area contributed by atoms with Crippen LogP contribution in [0.4, 0.5) is 18.9 Å². The van der Waals surface area contributed by atoms with Crippen LogP contribution in [0.1, 0.15) is 18.4 Å². The summed E-state index contributed by atoms with van der Waals surface area (Å²) in [4.78, 5) is 0. The molecular weight excluding hydrogens is 231 g/mol. The van der Waals surface area contributed by atoms with Gasteiger partial charge in [-0.15, -0.1) is 0 Å². The lowest BCUT2D eigenvalue weighted by Gasteiger charge is -2.12. The molecule has 0 aliphatic heterocycles. The molecule has 1 N–H and O–H groups in total. The number of ether oxygens (including phenoxy) is 1. The number of hydrogen-bond donors (Lipinski definition) is 1. The third-order valence-corrected chi connectivity index (χ3v) is 2.31. The summed E-state index contributed by atoms with van der Waals surface area (Å²) in [6.45, 7) is 2.19. The molecule has 0 heterocycles. The third kappa shape index (κ3) is 4.97. The lowest BCUT2D eigenvalue weighted by atomic mass is 10.2. The molecule has 0 fully saturated rings. The minimum atomic E-state index is -4.08. The zero-order valence-corrected chi connectivity index (χ0v) is 9.90. The van der Waals surface area contributed by atoms with Gasteiger partial charge >= 0.3 is 6.18 Å². The molecule has 1 rings (SSSR count). The van der Waals surface area contributed by atoms with Crippen LogP contribution in [-0.4, -0.2) is 19.8 Å². The van der Waals surface area contributed by atoms with Gasteiger partial charge in [0, 0.05) is 13.0 Å². The van der Waals surface area contributed by atoms with Crippen molar-refractivity contribution < 1.29 is 17.9 Å². The van der Waals surface area contributed by atoms with E-state index in [2.05, 4.69) is 5.32 Å². The van der Waals surface area contributed by atoms with Crippen molar-refractivity contribution in [1.29, 1.82) is 0 Å². The minimum Gasteiger partial charge on any atom is -0.495 e. The second-order valence-electron chi connectivity index (χ2n) is 3.85. The Kier molecular flexibility index (Phi) is 4.66. The van der Waals surface area contributed by atoms with Gasteiger partial charge in [0.05, 0.1) is 12.8 Å². The van der Waals surface area contributed by atoms with Crippen molar-refractivity contribution in [2.24, 2.45) is 0 Å². The van der Waals surface area contributed by atoms with Crippen molar-refractivity contribution in [3.63, 3.8) is 0 Å². The van der Waals surface area contributed by atoms with Crippen molar-refractivity contribution in [3.05, 3.63) is 23.8 Å². The van der Waals surface area contributed by atoms with Crippen LogP contribution in [-0.2, 0) is 0 Å². The summed E-state index contributed by atoms with van der Waals surface area (Å²) in [5.41, 5.74) is 1.76. The predicted molar refractivity (Wildman–Crippen MR) is 61.5 cm³/mol. The predicted octanol–water partition coefficient (Wildman–Crippen LogP) is 3.76. The molecule has 0 amide bonds. The molecule has 0 saturated heterocycles. The molecule has 0 unspecified atom stereocenters. The number of aryl methyl sites for hydroxylation is 1. The van der Waals surface area contributed by atoms with Gasteiger partial charge in [-0.2, -0.15) is 13.2 Å². The lowest BCUT2D eigenvalue weighted by Crippen LogP contribution is -2.11. The molecule has 0 aromatic heterocycles. The van der Waals surface area contributed by atoms with Crippen molar-refractivity contribution in [1.82, 2.24) is 0 Å². The Balaban J connectivity index is 2.48. The van der Waals surface area contributed by atoms with E-state index < -0.39 is 12.6 Å². The van der Waals surface area contributed by atoms with E-state index >= 15 is 0 Å². The molecule has 0 bridgehead atoms. The van der Waals surface area contributed by atoms with E-state index in [1.165, 1.54) is 7.11 Å². The molecule has 1 aromatic carbocycles. The van der Waals surface area contributed by atoms with Crippen molar-refractivity contribution in [3.8, 4) is 5.75 Å². The average molecular weight is 247 g/mol. The summed E-state index contributed by atoms with van der Waals surface area (Å²) in [6.07, 6.45) is -4.80. The van der Waals surface area contributed by atoms with Gasteiger partial charge in [-0.1, -0.05) is 6.07 Å². The van der Waals surface area contributed by atoms with Gasteiger partial charge in [-0.3, -0.25) is 0 Å². The van der Waals surface area contributed by atoms with Crippen LogP contribution < -0.4 is 10.1 Å². The highest BCUT2D eigenvalue weighted by Crippen LogP contribution is 2.26. The summed E-state index contributed by atoms with van der Waals surface area (Å²) in [5, 5.41) is 2.95. The van der Waals surface area contributed by atoms with E-state index in [1.807, 2.05) is 19.1 Å². The van der Waals surface area contributed by atoms with Crippen molar-refractivity contribution in [2.45, 2.75) is 25.9 Å². The van der Waals surface area contributed by atoms with Crippen LogP contribution in [0.3, 0.4) is 0 Å². The lowest BCUT2D eigenvalue weighted by molar-refractivity contribution is -0.134. The molecule has 17 heavy (non-hydrogen) atoms. The minimum absolute atomic E-state index is 0.0561. The summed E-state index contributed by atoms with van der Waals surface area (Å²) >= 11 is 0. The largest absolute Gasteiger partial charge is 0.495 e. The van der Waals surface area contributed by atoms with E-state index in [-0.39, 0.29) is 13.0 Å². The molecule has 5 heteroatoms. The Morgan fingerprint density at radius 1 is 1.29 bits per heavy atom. The number of hydrogen-bond acceptors (Lipinski definition) is 2. The molecule has 0 saturated carbocycles. The maximum atomic E-state index is 11.9. The van der Waals surface area contributed by atoms with Gasteiger partial charge in [0.25, 0.3) is 0 Å². The van der Waals surface area contributed by atoms with Gasteiger partial charge in [0.2, 0.25) is 0 Å². The monoisotopic (exact) mass is 247 g/mol. The van der Waals surface area contributed by atoms with Crippen LogP contribution >= 0.6 is 0 Å². The highest BCUT2D eigenvalue weighted by atomic mass is 19.4. The first-order chi connectivity index (χ1) is 7.92. The highest BCUT2D eigenvalue weighted by Gasteiger charge is 2.25. The smallest absolute Gasteiger partial charge is 0.389 e. The van der Waals surface area contributed by atoms with Gasteiger partial charge in [0.1, 0.15) is 5.75 Å². The molecule has 2 nitrogen and oxygen atoms in total. The number of methoxy groups -OCH3 is 1. The number of benzene rings is 1. The molecular formula is C12H16F3NO. The van der Waals surface area contributed by atoms with Gasteiger partial charge < -0.3 is 10.1 Å². The number of anilines is 1. The van der Waals surface area contributed by atoms with Crippen LogP contribution in [0.5, 0.6) is 5.75 Å². The molecule has 96 valence electrons. The number of alkyl halides is 3. The van der Waals surface area contributed by atoms with Crippen LogP contribution in [0.25, 0.3) is 0 Å². The highest BCUT2D eigenvalue weighted by molar-refractivity contribution is 5.57. The molecule has 1 aromatic rings. The first-order valence-electron chi connectivity index (χ1n) is 5.37. The molecule has 0 atom stereocenters. The van der Waals surface area contributed by atoms with Gasteiger partial charge in [-0.25, -0.2) is 0 Å². The van der Waals surface area contributed by atoms with Crippen molar-refractivity contribution in [2.75, 3.05) is 19.0 Å². The number of nitrogens with one attached hydrogen (secondary N) is 1. The first kappa shape index (κ1) is 13.7. The van der Waals surface area contributed by atoms with E-state index in [0.717, 1.165) is 11.3 Å². The third-order valence-electron chi connectivity index (χ3n) is 2.31. The van der Waals surface area contributed by atoms with E-state index in [9.17, 15) is 13.2 Å². The van der Waals surface area contributed by atoms with Gasteiger partial charge in [-0.05, 0) is 31.0 Å². The van der Waals surface area contributed by atoms with E-state index in [4.69, 9.17) is 4.74 Å². The van der Waals surface area contributed by atoms with Crippen LogP contribution in [0.15, 0.2) is 18.2 Å². The Morgan fingerprint density at radius 3 is 2.59 bits per heavy atom. The maximum Gasteiger partial charge on any atom is 0.389 e. The standard InChI is InChI=1S/C12H16F3NO/c1-9-4-5-11(17-2)10(8-9)16-7-3-6-12(13,14)15/h4-5,8,16H,3,6-7H2,1-2H3. The number of halogens is 3. The van der Waals surface area contributed by atoms with Gasteiger partial charge in [0.15, 0.2) is 0 Å².